The normalized spacial score (nSPS) is 13.2. The predicted octanol–water partition coefficient (Wildman–Crippen LogP) is 3.14. The first kappa shape index (κ1) is 17.0. The summed E-state index contributed by atoms with van der Waals surface area (Å²) in [4.78, 5) is 26.0. The van der Waals surface area contributed by atoms with E-state index < -0.39 is 0 Å². The van der Waals surface area contributed by atoms with E-state index in [4.69, 9.17) is 4.74 Å². The third kappa shape index (κ3) is 3.99. The van der Waals surface area contributed by atoms with Crippen LogP contribution in [0, 0.1) is 0 Å². The van der Waals surface area contributed by atoms with Gasteiger partial charge >= 0.3 is 0 Å². The summed E-state index contributed by atoms with van der Waals surface area (Å²) in [6, 6.07) is 14.9. The molecular formula is C20H22N2O3. The summed E-state index contributed by atoms with van der Waals surface area (Å²) in [6.45, 7) is 3.29. The van der Waals surface area contributed by atoms with Crippen LogP contribution >= 0.6 is 0 Å². The highest BCUT2D eigenvalue weighted by Gasteiger charge is 2.25. The van der Waals surface area contributed by atoms with Crippen molar-refractivity contribution in [3.05, 3.63) is 59.7 Å². The van der Waals surface area contributed by atoms with Crippen molar-refractivity contribution in [1.29, 1.82) is 0 Å². The summed E-state index contributed by atoms with van der Waals surface area (Å²) in [5, 5.41) is 2.90. The number of nitrogens with one attached hydrogen (secondary N) is 1. The van der Waals surface area contributed by atoms with Gasteiger partial charge in [0.15, 0.2) is 6.61 Å². The maximum atomic E-state index is 12.2. The summed E-state index contributed by atoms with van der Waals surface area (Å²) in [5.41, 5.74) is 2.38. The first-order valence-corrected chi connectivity index (χ1v) is 8.58. The number of hydrogen-bond acceptors (Lipinski definition) is 3. The Balaban J connectivity index is 1.69. The van der Waals surface area contributed by atoms with Gasteiger partial charge < -0.3 is 15.0 Å². The summed E-state index contributed by atoms with van der Waals surface area (Å²) >= 11 is 0. The fourth-order valence-electron chi connectivity index (χ4n) is 2.75. The Hall–Kier alpha value is -2.82. The summed E-state index contributed by atoms with van der Waals surface area (Å²) < 4.78 is 5.46. The number of carbonyl (C=O) groups excluding carboxylic acids is 2. The van der Waals surface area contributed by atoms with Crippen molar-refractivity contribution < 1.29 is 14.3 Å². The van der Waals surface area contributed by atoms with Crippen molar-refractivity contribution in [1.82, 2.24) is 5.32 Å². The first-order chi connectivity index (χ1) is 12.2. The number of benzene rings is 2. The van der Waals surface area contributed by atoms with Crippen LogP contribution in [0.4, 0.5) is 5.69 Å². The van der Waals surface area contributed by atoms with Crippen LogP contribution in [0.1, 0.15) is 35.7 Å². The monoisotopic (exact) mass is 338 g/mol. The lowest BCUT2D eigenvalue weighted by Crippen LogP contribution is -2.38. The van der Waals surface area contributed by atoms with Crippen molar-refractivity contribution >= 4 is 17.5 Å². The van der Waals surface area contributed by atoms with Crippen LogP contribution in [-0.2, 0) is 11.3 Å². The van der Waals surface area contributed by atoms with E-state index in [0.29, 0.717) is 24.4 Å². The van der Waals surface area contributed by atoms with Crippen molar-refractivity contribution in [3.63, 3.8) is 0 Å². The van der Waals surface area contributed by atoms with E-state index in [1.807, 2.05) is 36.4 Å². The molecule has 1 aliphatic rings. The molecule has 0 atom stereocenters. The smallest absolute Gasteiger partial charge is 0.265 e. The fourth-order valence-corrected chi connectivity index (χ4v) is 2.75. The molecule has 3 rings (SSSR count). The summed E-state index contributed by atoms with van der Waals surface area (Å²) in [6.07, 6.45) is 2.02. The zero-order valence-corrected chi connectivity index (χ0v) is 14.3. The van der Waals surface area contributed by atoms with Gasteiger partial charge in [-0.3, -0.25) is 9.59 Å². The van der Waals surface area contributed by atoms with Crippen LogP contribution < -0.4 is 15.0 Å². The molecule has 0 aliphatic carbocycles. The van der Waals surface area contributed by atoms with E-state index in [2.05, 4.69) is 12.2 Å². The highest BCUT2D eigenvalue weighted by Crippen LogP contribution is 2.32. The molecule has 2 aromatic carbocycles. The standard InChI is InChI=1S/C20H22N2O3/c1-2-3-12-21-20(24)16-10-8-15(9-11-16)13-22-17-6-4-5-7-18(17)25-14-19(22)23/h4-11H,2-3,12-14H2,1H3,(H,21,24). The number of carbonyl (C=O) groups is 2. The molecule has 25 heavy (non-hydrogen) atoms. The number of amides is 2. The number of anilines is 1. The van der Waals surface area contributed by atoms with Gasteiger partial charge in [0.25, 0.3) is 11.8 Å². The van der Waals surface area contributed by atoms with Gasteiger partial charge in [0, 0.05) is 12.1 Å². The number of rotatable bonds is 6. The third-order valence-corrected chi connectivity index (χ3v) is 4.18. The highest BCUT2D eigenvalue weighted by atomic mass is 16.5. The molecule has 5 heteroatoms. The fraction of sp³-hybridized carbons (Fsp3) is 0.300. The molecule has 130 valence electrons. The Kier molecular flexibility index (Phi) is 5.33. The van der Waals surface area contributed by atoms with E-state index in [1.165, 1.54) is 0 Å². The molecule has 0 saturated carbocycles. The molecule has 1 N–H and O–H groups in total. The molecule has 5 nitrogen and oxygen atoms in total. The number of nitrogens with zero attached hydrogens (tertiary/aromatic N) is 1. The van der Waals surface area contributed by atoms with Gasteiger partial charge in [-0.1, -0.05) is 37.6 Å². The second-order valence-electron chi connectivity index (χ2n) is 6.04. The van der Waals surface area contributed by atoms with Crippen LogP contribution in [-0.4, -0.2) is 25.0 Å². The maximum absolute atomic E-state index is 12.2. The number of hydrogen-bond donors (Lipinski definition) is 1. The largest absolute Gasteiger partial charge is 0.482 e. The lowest BCUT2D eigenvalue weighted by atomic mass is 10.1. The van der Waals surface area contributed by atoms with Crippen LogP contribution in [0.25, 0.3) is 0 Å². The summed E-state index contributed by atoms with van der Waals surface area (Å²) in [5.74, 6) is 0.585. The molecule has 1 aliphatic heterocycles. The molecule has 1 heterocycles. The van der Waals surface area contributed by atoms with Crippen LogP contribution in [0.3, 0.4) is 0 Å². The van der Waals surface area contributed by atoms with Gasteiger partial charge in [0.2, 0.25) is 0 Å². The van der Waals surface area contributed by atoms with Gasteiger partial charge in [-0.05, 0) is 36.2 Å². The molecular weight excluding hydrogens is 316 g/mol. The molecule has 0 fully saturated rings. The molecule has 0 radical (unpaired) electrons. The van der Waals surface area contributed by atoms with E-state index in [1.54, 1.807) is 17.0 Å². The number of fused-ring (bicyclic) bond motifs is 1. The van der Waals surface area contributed by atoms with Gasteiger partial charge in [-0.15, -0.1) is 0 Å². The molecule has 0 saturated heterocycles. The highest BCUT2D eigenvalue weighted by molar-refractivity contribution is 5.97. The van der Waals surface area contributed by atoms with Crippen LogP contribution in [0.15, 0.2) is 48.5 Å². The van der Waals surface area contributed by atoms with E-state index in [-0.39, 0.29) is 18.4 Å². The quantitative estimate of drug-likeness (QED) is 0.823. The van der Waals surface area contributed by atoms with E-state index in [0.717, 1.165) is 24.1 Å². The Morgan fingerprint density at radius 2 is 1.92 bits per heavy atom. The van der Waals surface area contributed by atoms with Gasteiger partial charge in [0.1, 0.15) is 5.75 Å². The minimum absolute atomic E-state index is 0.0505. The molecule has 2 amide bonds. The van der Waals surface area contributed by atoms with Crippen LogP contribution in [0.2, 0.25) is 0 Å². The molecule has 0 aromatic heterocycles. The molecule has 0 spiro atoms. The van der Waals surface area contributed by atoms with Crippen LogP contribution in [0.5, 0.6) is 5.75 Å². The minimum Gasteiger partial charge on any atom is -0.482 e. The average molecular weight is 338 g/mol. The lowest BCUT2D eigenvalue weighted by molar-refractivity contribution is -0.121. The number of ether oxygens (including phenoxy) is 1. The van der Waals surface area contributed by atoms with Crippen molar-refractivity contribution in [2.24, 2.45) is 0 Å². The number of para-hydroxylation sites is 2. The third-order valence-electron chi connectivity index (χ3n) is 4.18. The van der Waals surface area contributed by atoms with Crippen molar-refractivity contribution in [3.8, 4) is 5.75 Å². The van der Waals surface area contributed by atoms with Gasteiger partial charge in [-0.25, -0.2) is 0 Å². The van der Waals surface area contributed by atoms with Gasteiger partial charge in [0.05, 0.1) is 12.2 Å². The Labute approximate surface area is 147 Å². The Morgan fingerprint density at radius 3 is 2.68 bits per heavy atom. The van der Waals surface area contributed by atoms with E-state index >= 15 is 0 Å². The Bertz CT molecular complexity index is 756. The zero-order valence-electron chi connectivity index (χ0n) is 14.3. The van der Waals surface area contributed by atoms with Crippen molar-refractivity contribution in [2.45, 2.75) is 26.3 Å². The summed E-state index contributed by atoms with van der Waals surface area (Å²) in [7, 11) is 0. The molecule has 0 unspecified atom stereocenters. The first-order valence-electron chi connectivity index (χ1n) is 8.58. The lowest BCUT2D eigenvalue weighted by Gasteiger charge is -2.29. The second-order valence-corrected chi connectivity index (χ2v) is 6.04. The van der Waals surface area contributed by atoms with E-state index in [9.17, 15) is 9.59 Å². The zero-order chi connectivity index (χ0) is 17.6. The maximum Gasteiger partial charge on any atom is 0.265 e. The van der Waals surface area contributed by atoms with Crippen molar-refractivity contribution in [2.75, 3.05) is 18.1 Å². The molecule has 2 aromatic rings. The number of unbranched alkanes of at least 4 members (excludes halogenated alkanes) is 1. The predicted molar refractivity (Wildman–Crippen MR) is 96.8 cm³/mol. The SMILES string of the molecule is CCCCNC(=O)c1ccc(CN2C(=O)COc3ccccc32)cc1. The topological polar surface area (TPSA) is 58.6 Å². The minimum atomic E-state index is -0.0694. The van der Waals surface area contributed by atoms with Gasteiger partial charge in [-0.2, -0.15) is 0 Å². The Morgan fingerprint density at radius 1 is 1.16 bits per heavy atom. The second kappa shape index (κ2) is 7.83. The average Bonchev–Trinajstić information content (AvgIpc) is 2.65. The molecule has 0 bridgehead atoms.